The van der Waals surface area contributed by atoms with Gasteiger partial charge in [-0.15, -0.1) is 16.4 Å². The van der Waals surface area contributed by atoms with Gasteiger partial charge in [0.25, 0.3) is 0 Å². The molecule has 0 fully saturated rings. The van der Waals surface area contributed by atoms with Crippen molar-refractivity contribution in [1.29, 1.82) is 0 Å². The van der Waals surface area contributed by atoms with Gasteiger partial charge in [-0.1, -0.05) is 6.92 Å². The molecule has 0 aliphatic carbocycles. The number of hydrogen-bond acceptors (Lipinski definition) is 5. The zero-order valence-corrected chi connectivity index (χ0v) is 13.9. The summed E-state index contributed by atoms with van der Waals surface area (Å²) < 4.78 is 3.45. The van der Waals surface area contributed by atoms with E-state index in [0.717, 1.165) is 13.1 Å². The van der Waals surface area contributed by atoms with Crippen molar-refractivity contribution in [3.8, 4) is 10.7 Å². The normalized spacial score (nSPS) is 12.6. The number of halogens is 2. The third-order valence-corrected chi connectivity index (χ3v) is 5.84. The quantitative estimate of drug-likeness (QED) is 0.818. The van der Waals surface area contributed by atoms with Crippen LogP contribution in [-0.4, -0.2) is 31.3 Å². The molecule has 19 heavy (non-hydrogen) atoms. The van der Waals surface area contributed by atoms with E-state index >= 15 is 0 Å². The van der Waals surface area contributed by atoms with Gasteiger partial charge >= 0.3 is 5.97 Å². The van der Waals surface area contributed by atoms with Crippen molar-refractivity contribution in [2.75, 3.05) is 0 Å². The molecule has 0 amide bonds. The van der Waals surface area contributed by atoms with E-state index in [1.807, 2.05) is 13.0 Å². The van der Waals surface area contributed by atoms with Gasteiger partial charge in [0.2, 0.25) is 0 Å². The summed E-state index contributed by atoms with van der Waals surface area (Å²) in [6.45, 7) is 1.92. The molecule has 0 saturated carbocycles. The van der Waals surface area contributed by atoms with E-state index in [1.54, 1.807) is 4.68 Å². The van der Waals surface area contributed by atoms with Crippen LogP contribution >= 0.6 is 43.2 Å². The van der Waals surface area contributed by atoms with E-state index in [4.69, 9.17) is 5.11 Å². The van der Waals surface area contributed by atoms with E-state index in [9.17, 15) is 4.79 Å². The van der Waals surface area contributed by atoms with E-state index in [-0.39, 0.29) is 12.5 Å². The number of carbonyl (C=O) groups is 1. The zero-order chi connectivity index (χ0) is 14.0. The minimum atomic E-state index is -0.859. The Kier molecular flexibility index (Phi) is 4.69. The van der Waals surface area contributed by atoms with Crippen LogP contribution in [0.25, 0.3) is 10.7 Å². The molecule has 6 nitrogen and oxygen atoms in total. The molecule has 0 saturated heterocycles. The number of rotatable bonds is 5. The third kappa shape index (κ3) is 3.21. The maximum atomic E-state index is 10.9. The molecule has 0 bridgehead atoms. The van der Waals surface area contributed by atoms with Gasteiger partial charge in [-0.2, -0.15) is 0 Å². The lowest BCUT2D eigenvalue weighted by molar-refractivity contribution is -0.138. The second-order valence-electron chi connectivity index (χ2n) is 3.84. The molecule has 0 spiro atoms. The molecular weight excluding hydrogens is 400 g/mol. The second-order valence-corrected chi connectivity index (χ2v) is 7.06. The Morgan fingerprint density at radius 2 is 2.32 bits per heavy atom. The minimum Gasteiger partial charge on any atom is -0.481 e. The highest BCUT2D eigenvalue weighted by Crippen LogP contribution is 2.38. The first-order chi connectivity index (χ1) is 9.02. The third-order valence-electron chi connectivity index (χ3n) is 2.59. The topological polar surface area (TPSA) is 80.9 Å². The molecule has 1 atom stereocenters. The standard InChI is InChI=1S/C10H10Br2N4O2S/c1-2-5(3-8(17)18)16-10(13-14-15-16)7-4-6(11)9(12)19-7/h4-5H,2-3H2,1H3,(H,17,18). The van der Waals surface area contributed by atoms with E-state index in [2.05, 4.69) is 47.4 Å². The molecule has 9 heteroatoms. The average Bonchev–Trinajstić information content (AvgIpc) is 2.94. The summed E-state index contributed by atoms with van der Waals surface area (Å²) in [7, 11) is 0. The van der Waals surface area contributed by atoms with Gasteiger partial charge in [0, 0.05) is 4.47 Å². The van der Waals surface area contributed by atoms with Crippen molar-refractivity contribution in [2.45, 2.75) is 25.8 Å². The first-order valence-corrected chi connectivity index (χ1v) is 7.88. The highest BCUT2D eigenvalue weighted by Gasteiger charge is 2.21. The number of carboxylic acid groups (broad SMARTS) is 1. The van der Waals surface area contributed by atoms with E-state index in [1.165, 1.54) is 11.3 Å². The molecule has 2 heterocycles. The number of thiophene rings is 1. The van der Waals surface area contributed by atoms with Crippen LogP contribution in [0.1, 0.15) is 25.8 Å². The van der Waals surface area contributed by atoms with E-state index < -0.39 is 5.97 Å². The fourth-order valence-corrected chi connectivity index (χ4v) is 3.68. The van der Waals surface area contributed by atoms with Crippen molar-refractivity contribution in [3.05, 3.63) is 14.3 Å². The van der Waals surface area contributed by atoms with Gasteiger partial charge in [-0.25, -0.2) is 4.68 Å². The number of aliphatic carboxylic acids is 1. The Hall–Kier alpha value is -0.800. The number of aromatic nitrogens is 4. The summed E-state index contributed by atoms with van der Waals surface area (Å²) in [4.78, 5) is 11.8. The van der Waals surface area contributed by atoms with E-state index in [0.29, 0.717) is 12.2 Å². The van der Waals surface area contributed by atoms with Crippen LogP contribution in [0.2, 0.25) is 0 Å². The zero-order valence-electron chi connectivity index (χ0n) is 9.88. The van der Waals surface area contributed by atoms with Crippen molar-refractivity contribution < 1.29 is 9.90 Å². The molecule has 0 aliphatic heterocycles. The first-order valence-electron chi connectivity index (χ1n) is 5.47. The monoisotopic (exact) mass is 408 g/mol. The highest BCUT2D eigenvalue weighted by atomic mass is 79.9. The Morgan fingerprint density at radius 3 is 2.84 bits per heavy atom. The molecule has 1 unspecified atom stereocenters. The highest BCUT2D eigenvalue weighted by molar-refractivity contribution is 9.13. The van der Waals surface area contributed by atoms with Crippen LogP contribution in [0.3, 0.4) is 0 Å². The van der Waals surface area contributed by atoms with Gasteiger partial charge in [0.1, 0.15) is 0 Å². The maximum absolute atomic E-state index is 10.9. The second kappa shape index (κ2) is 6.10. The Bertz CT molecular complexity index is 579. The molecule has 1 N–H and O–H groups in total. The summed E-state index contributed by atoms with van der Waals surface area (Å²) in [6.07, 6.45) is 0.653. The molecule has 2 aromatic rings. The summed E-state index contributed by atoms with van der Waals surface area (Å²) >= 11 is 8.32. The fourth-order valence-electron chi connectivity index (χ4n) is 1.66. The predicted octanol–water partition coefficient (Wildman–Crippen LogP) is 3.35. The molecule has 102 valence electrons. The first kappa shape index (κ1) is 14.6. The lowest BCUT2D eigenvalue weighted by Crippen LogP contribution is -2.15. The fraction of sp³-hybridized carbons (Fsp3) is 0.400. The van der Waals surface area contributed by atoms with Gasteiger partial charge in [0.15, 0.2) is 5.82 Å². The molecule has 0 aliphatic rings. The Labute approximate surface area is 130 Å². The summed E-state index contributed by atoms with van der Waals surface area (Å²) in [5, 5.41) is 20.5. The van der Waals surface area contributed by atoms with Gasteiger partial charge in [-0.05, 0) is 54.8 Å². The number of tetrazole rings is 1. The number of hydrogen-bond donors (Lipinski definition) is 1. The van der Waals surface area contributed by atoms with Gasteiger partial charge in [-0.3, -0.25) is 4.79 Å². The van der Waals surface area contributed by atoms with Crippen molar-refractivity contribution in [2.24, 2.45) is 0 Å². The van der Waals surface area contributed by atoms with Crippen molar-refractivity contribution in [3.63, 3.8) is 0 Å². The predicted molar refractivity (Wildman–Crippen MR) is 78.1 cm³/mol. The summed E-state index contributed by atoms with van der Waals surface area (Å²) in [6, 6.07) is 1.66. The Morgan fingerprint density at radius 1 is 1.58 bits per heavy atom. The smallest absolute Gasteiger partial charge is 0.305 e. The molecular formula is C10H10Br2N4O2S. The minimum absolute atomic E-state index is 0.00224. The Balaban J connectivity index is 2.38. The summed E-state index contributed by atoms with van der Waals surface area (Å²) in [5.74, 6) is -0.272. The lowest BCUT2D eigenvalue weighted by Gasteiger charge is -2.13. The lowest BCUT2D eigenvalue weighted by atomic mass is 10.1. The molecule has 2 aromatic heterocycles. The van der Waals surface area contributed by atoms with Crippen LogP contribution in [0.5, 0.6) is 0 Å². The van der Waals surface area contributed by atoms with Gasteiger partial charge in [0.05, 0.1) is 21.1 Å². The van der Waals surface area contributed by atoms with Crippen LogP contribution in [0.15, 0.2) is 14.3 Å². The van der Waals surface area contributed by atoms with Crippen LogP contribution < -0.4 is 0 Å². The molecule has 0 radical (unpaired) electrons. The van der Waals surface area contributed by atoms with Crippen molar-refractivity contribution >= 4 is 49.2 Å². The van der Waals surface area contributed by atoms with Crippen molar-refractivity contribution in [1.82, 2.24) is 20.2 Å². The average molecular weight is 410 g/mol. The number of nitrogens with zero attached hydrogens (tertiary/aromatic N) is 4. The van der Waals surface area contributed by atoms with Crippen LogP contribution in [0, 0.1) is 0 Å². The number of carboxylic acids is 1. The molecule has 0 aromatic carbocycles. The SMILES string of the molecule is CCC(CC(=O)O)n1nnnc1-c1cc(Br)c(Br)s1. The van der Waals surface area contributed by atoms with Crippen LogP contribution in [-0.2, 0) is 4.79 Å². The maximum Gasteiger partial charge on any atom is 0.305 e. The van der Waals surface area contributed by atoms with Crippen LogP contribution in [0.4, 0.5) is 0 Å². The molecule has 2 rings (SSSR count). The largest absolute Gasteiger partial charge is 0.481 e. The summed E-state index contributed by atoms with van der Waals surface area (Å²) in [5.41, 5.74) is 0. The van der Waals surface area contributed by atoms with Gasteiger partial charge < -0.3 is 5.11 Å².